The molecule has 0 fully saturated rings. The maximum atomic E-state index is 13.4. The lowest BCUT2D eigenvalue weighted by Gasteiger charge is -2.19. The van der Waals surface area contributed by atoms with E-state index in [0.717, 1.165) is 14.2 Å². The summed E-state index contributed by atoms with van der Waals surface area (Å²) in [5.41, 5.74) is 1.31. The van der Waals surface area contributed by atoms with Crippen LogP contribution >= 0.6 is 27.3 Å². The second-order valence-corrected chi connectivity index (χ2v) is 9.04. The van der Waals surface area contributed by atoms with Crippen molar-refractivity contribution in [3.05, 3.63) is 44.3 Å². The maximum Gasteiger partial charge on any atom is 0.265 e. The fraction of sp³-hybridized carbons (Fsp3) is 0.231. The fourth-order valence-corrected chi connectivity index (χ4v) is 6.26. The Morgan fingerprint density at radius 2 is 2.10 bits per heavy atom. The Morgan fingerprint density at radius 1 is 1.35 bits per heavy atom. The molecule has 106 valence electrons. The van der Waals surface area contributed by atoms with E-state index in [9.17, 15) is 12.8 Å². The summed E-state index contributed by atoms with van der Waals surface area (Å²) in [6.07, 6.45) is 0.610. The molecule has 0 bridgehead atoms. The minimum absolute atomic E-state index is 0.284. The number of hydrogen-bond acceptors (Lipinski definition) is 3. The first kappa shape index (κ1) is 14.0. The first-order valence-corrected chi connectivity index (χ1v) is 9.01. The number of nitrogens with zero attached hydrogens (tertiary/aromatic N) is 1. The van der Waals surface area contributed by atoms with E-state index in [-0.39, 0.29) is 4.90 Å². The van der Waals surface area contributed by atoms with E-state index in [1.54, 1.807) is 19.1 Å². The summed E-state index contributed by atoms with van der Waals surface area (Å²) in [6, 6.07) is 5.90. The van der Waals surface area contributed by atoms with Crippen LogP contribution in [-0.4, -0.2) is 15.0 Å². The predicted molar refractivity (Wildman–Crippen MR) is 81.4 cm³/mol. The molecule has 3 nitrogen and oxygen atoms in total. The lowest BCUT2D eigenvalue weighted by atomic mass is 10.2. The second-order valence-electron chi connectivity index (χ2n) is 4.57. The van der Waals surface area contributed by atoms with Gasteiger partial charge in [-0.3, -0.25) is 4.31 Å². The third-order valence-corrected chi connectivity index (χ3v) is 6.93. The molecule has 0 unspecified atom stereocenters. The van der Waals surface area contributed by atoms with Crippen LogP contribution in [0.15, 0.2) is 32.9 Å². The summed E-state index contributed by atoms with van der Waals surface area (Å²) in [5.74, 6) is -0.422. The van der Waals surface area contributed by atoms with Crippen LogP contribution in [0.1, 0.15) is 10.4 Å². The zero-order valence-corrected chi connectivity index (χ0v) is 13.8. The highest BCUT2D eigenvalue weighted by Crippen LogP contribution is 2.37. The quantitative estimate of drug-likeness (QED) is 0.802. The maximum absolute atomic E-state index is 13.4. The van der Waals surface area contributed by atoms with E-state index in [1.165, 1.54) is 27.8 Å². The fourth-order valence-electron chi connectivity index (χ4n) is 2.38. The highest BCUT2D eigenvalue weighted by molar-refractivity contribution is 9.11. The van der Waals surface area contributed by atoms with Gasteiger partial charge in [0.05, 0.1) is 9.47 Å². The van der Waals surface area contributed by atoms with Crippen LogP contribution in [-0.2, 0) is 16.4 Å². The number of benzene rings is 1. The zero-order chi connectivity index (χ0) is 14.5. The van der Waals surface area contributed by atoms with E-state index in [0.29, 0.717) is 18.7 Å². The summed E-state index contributed by atoms with van der Waals surface area (Å²) < 4.78 is 40.9. The van der Waals surface area contributed by atoms with Gasteiger partial charge >= 0.3 is 0 Å². The Bertz CT molecular complexity index is 786. The second kappa shape index (κ2) is 4.82. The van der Waals surface area contributed by atoms with Crippen LogP contribution in [0.3, 0.4) is 0 Å². The van der Waals surface area contributed by atoms with Gasteiger partial charge in [0.2, 0.25) is 0 Å². The smallest absolute Gasteiger partial charge is 0.265 e. The van der Waals surface area contributed by atoms with Gasteiger partial charge in [0.25, 0.3) is 10.0 Å². The SMILES string of the molecule is Cc1sc(Br)cc1S(=O)(=O)N1CCc2ccc(F)cc21. The third kappa shape index (κ3) is 2.17. The van der Waals surface area contributed by atoms with Crippen molar-refractivity contribution in [3.63, 3.8) is 0 Å². The van der Waals surface area contributed by atoms with Crippen molar-refractivity contribution in [3.8, 4) is 0 Å². The van der Waals surface area contributed by atoms with Crippen molar-refractivity contribution in [2.24, 2.45) is 0 Å². The van der Waals surface area contributed by atoms with Crippen LogP contribution in [0.5, 0.6) is 0 Å². The first-order valence-electron chi connectivity index (χ1n) is 5.97. The lowest BCUT2D eigenvalue weighted by molar-refractivity contribution is 0.592. The van der Waals surface area contributed by atoms with E-state index >= 15 is 0 Å². The molecule has 1 aromatic carbocycles. The molecule has 3 rings (SSSR count). The monoisotopic (exact) mass is 375 g/mol. The molecule has 2 heterocycles. The number of hydrogen-bond donors (Lipinski definition) is 0. The van der Waals surface area contributed by atoms with E-state index in [1.807, 2.05) is 0 Å². The molecule has 2 aromatic rings. The van der Waals surface area contributed by atoms with Gasteiger partial charge in [-0.25, -0.2) is 12.8 Å². The first-order chi connectivity index (χ1) is 9.39. The zero-order valence-electron chi connectivity index (χ0n) is 10.6. The van der Waals surface area contributed by atoms with Crippen LogP contribution < -0.4 is 4.31 Å². The summed E-state index contributed by atoms with van der Waals surface area (Å²) in [6.45, 7) is 2.12. The number of anilines is 1. The average molecular weight is 376 g/mol. The molecule has 0 atom stereocenters. The van der Waals surface area contributed by atoms with Crippen molar-refractivity contribution < 1.29 is 12.8 Å². The van der Waals surface area contributed by atoms with E-state index in [4.69, 9.17) is 0 Å². The molecular formula is C13H11BrFNO2S2. The summed E-state index contributed by atoms with van der Waals surface area (Å²) >= 11 is 4.68. The van der Waals surface area contributed by atoms with Crippen molar-refractivity contribution >= 4 is 43.0 Å². The Kier molecular flexibility index (Phi) is 3.38. The number of thiophene rings is 1. The molecule has 1 aliphatic heterocycles. The van der Waals surface area contributed by atoms with Crippen molar-refractivity contribution in [2.75, 3.05) is 10.8 Å². The molecule has 0 radical (unpaired) electrons. The lowest BCUT2D eigenvalue weighted by Crippen LogP contribution is -2.29. The highest BCUT2D eigenvalue weighted by Gasteiger charge is 2.33. The van der Waals surface area contributed by atoms with Crippen molar-refractivity contribution in [2.45, 2.75) is 18.2 Å². The van der Waals surface area contributed by atoms with Gasteiger partial charge < -0.3 is 0 Å². The number of fused-ring (bicyclic) bond motifs is 1. The molecule has 0 saturated carbocycles. The molecule has 0 saturated heterocycles. The van der Waals surface area contributed by atoms with Crippen molar-refractivity contribution in [1.82, 2.24) is 0 Å². The normalized spacial score (nSPS) is 14.7. The average Bonchev–Trinajstić information content (AvgIpc) is 2.92. The number of sulfonamides is 1. The molecule has 20 heavy (non-hydrogen) atoms. The van der Waals surface area contributed by atoms with Gasteiger partial charge in [0.1, 0.15) is 10.7 Å². The van der Waals surface area contributed by atoms with Gasteiger partial charge in [-0.05, 0) is 53.0 Å². The summed E-state index contributed by atoms with van der Waals surface area (Å²) in [7, 11) is -3.63. The molecular weight excluding hydrogens is 365 g/mol. The molecule has 0 amide bonds. The minimum Gasteiger partial charge on any atom is -0.266 e. The summed E-state index contributed by atoms with van der Waals surface area (Å²) in [4.78, 5) is 1.01. The van der Waals surface area contributed by atoms with Crippen LogP contribution in [0, 0.1) is 12.7 Å². The van der Waals surface area contributed by atoms with Crippen LogP contribution in [0.2, 0.25) is 0 Å². The third-order valence-electron chi connectivity index (χ3n) is 3.31. The van der Waals surface area contributed by atoms with Crippen LogP contribution in [0.4, 0.5) is 10.1 Å². The molecule has 0 spiro atoms. The van der Waals surface area contributed by atoms with Gasteiger partial charge in [0, 0.05) is 11.4 Å². The Labute approximate surface area is 129 Å². The Balaban J connectivity index is 2.11. The summed E-state index contributed by atoms with van der Waals surface area (Å²) in [5, 5.41) is 0. The highest BCUT2D eigenvalue weighted by atomic mass is 79.9. The molecule has 1 aromatic heterocycles. The Morgan fingerprint density at radius 3 is 2.75 bits per heavy atom. The van der Waals surface area contributed by atoms with Gasteiger partial charge in [-0.2, -0.15) is 0 Å². The van der Waals surface area contributed by atoms with E-state index < -0.39 is 15.8 Å². The molecule has 0 N–H and O–H groups in total. The standard InChI is InChI=1S/C13H11BrFNO2S2/c1-8-12(7-13(14)19-8)20(17,18)16-5-4-9-2-3-10(15)6-11(9)16/h2-3,6-7H,4-5H2,1H3. The molecule has 0 aliphatic carbocycles. The topological polar surface area (TPSA) is 37.4 Å². The number of rotatable bonds is 2. The largest absolute Gasteiger partial charge is 0.266 e. The number of halogens is 2. The predicted octanol–water partition coefficient (Wildman–Crippen LogP) is 3.71. The number of aryl methyl sites for hydroxylation is 1. The molecule has 7 heteroatoms. The van der Waals surface area contributed by atoms with Crippen molar-refractivity contribution in [1.29, 1.82) is 0 Å². The van der Waals surface area contributed by atoms with E-state index in [2.05, 4.69) is 15.9 Å². The van der Waals surface area contributed by atoms with Gasteiger partial charge in [-0.1, -0.05) is 6.07 Å². The van der Waals surface area contributed by atoms with Crippen LogP contribution in [0.25, 0.3) is 0 Å². The van der Waals surface area contributed by atoms with Gasteiger partial charge in [0.15, 0.2) is 0 Å². The van der Waals surface area contributed by atoms with Gasteiger partial charge in [-0.15, -0.1) is 11.3 Å². The minimum atomic E-state index is -3.63. The molecule has 1 aliphatic rings. The Hall–Kier alpha value is -0.920.